The number of hydrogen-bond donors (Lipinski definition) is 2. The molecular weight excluding hydrogens is 179 g/mol. The van der Waals surface area contributed by atoms with E-state index in [1.165, 1.54) is 5.56 Å². The van der Waals surface area contributed by atoms with Gasteiger partial charge < -0.3 is 0 Å². The summed E-state index contributed by atoms with van der Waals surface area (Å²) in [6.07, 6.45) is 0.974. The van der Waals surface area contributed by atoms with Gasteiger partial charge in [0.2, 0.25) is 0 Å². The maximum absolute atomic E-state index is 4.24. The van der Waals surface area contributed by atoms with Crippen molar-refractivity contribution in [2.45, 2.75) is 16.0 Å². The minimum Gasteiger partial charge on any atom is -0.142 e. The van der Waals surface area contributed by atoms with Crippen molar-refractivity contribution in [1.29, 1.82) is 0 Å². The average Bonchev–Trinajstić information content (AvgIpc) is 1.95. The molecule has 0 aliphatic carbocycles. The van der Waals surface area contributed by atoms with Gasteiger partial charge >= 0.3 is 0 Å². The van der Waals surface area contributed by atoms with Gasteiger partial charge in [-0.2, -0.15) is 0 Å². The second kappa shape index (κ2) is 3.66. The summed E-state index contributed by atoms with van der Waals surface area (Å²) in [5.74, 6) is 0. The SMILES string of the molecule is PCc1ccc(S)c(S)c1. The van der Waals surface area contributed by atoms with Gasteiger partial charge in [0.1, 0.15) is 0 Å². The summed E-state index contributed by atoms with van der Waals surface area (Å²) in [7, 11) is 2.67. The maximum Gasteiger partial charge on any atom is 0.0177 e. The Balaban J connectivity index is 3.04. The minimum absolute atomic E-state index is 0.936. The molecule has 0 saturated heterocycles. The summed E-state index contributed by atoms with van der Waals surface area (Å²) in [6, 6.07) is 6.04. The Hall–Kier alpha value is 0.350. The Morgan fingerprint density at radius 3 is 2.40 bits per heavy atom. The molecule has 1 atom stereocenters. The molecule has 1 unspecified atom stereocenters. The second-order valence-electron chi connectivity index (χ2n) is 2.03. The largest absolute Gasteiger partial charge is 0.142 e. The molecule has 1 rings (SSSR count). The Labute approximate surface area is 74.4 Å². The highest BCUT2D eigenvalue weighted by atomic mass is 32.1. The third-order valence-electron chi connectivity index (χ3n) is 1.28. The lowest BCUT2D eigenvalue weighted by Gasteiger charge is -1.99. The van der Waals surface area contributed by atoms with Crippen LogP contribution < -0.4 is 0 Å². The van der Waals surface area contributed by atoms with Crippen LogP contribution in [0.5, 0.6) is 0 Å². The minimum atomic E-state index is 0.936. The monoisotopic (exact) mass is 188 g/mol. The van der Waals surface area contributed by atoms with Crippen LogP contribution in [0.4, 0.5) is 0 Å². The highest BCUT2D eigenvalue weighted by molar-refractivity contribution is 7.83. The molecule has 0 nitrogen and oxygen atoms in total. The number of rotatable bonds is 1. The lowest BCUT2D eigenvalue weighted by atomic mass is 10.2. The molecule has 0 fully saturated rings. The Morgan fingerprint density at radius 1 is 1.20 bits per heavy atom. The Kier molecular flexibility index (Phi) is 3.09. The lowest BCUT2D eigenvalue weighted by molar-refractivity contribution is 1.22. The zero-order chi connectivity index (χ0) is 7.56. The van der Waals surface area contributed by atoms with Crippen LogP contribution in [-0.2, 0) is 6.16 Å². The van der Waals surface area contributed by atoms with Gasteiger partial charge in [-0.05, 0) is 23.9 Å². The average molecular weight is 188 g/mol. The van der Waals surface area contributed by atoms with E-state index in [0.29, 0.717) is 0 Å². The van der Waals surface area contributed by atoms with Gasteiger partial charge in [-0.1, -0.05) is 6.07 Å². The molecule has 0 radical (unpaired) electrons. The predicted octanol–water partition coefficient (Wildman–Crippen LogP) is 2.64. The summed E-state index contributed by atoms with van der Waals surface area (Å²) in [5.41, 5.74) is 1.27. The van der Waals surface area contributed by atoms with E-state index >= 15 is 0 Å². The van der Waals surface area contributed by atoms with Gasteiger partial charge in [0.05, 0.1) is 0 Å². The normalized spacial score (nSPS) is 9.90. The van der Waals surface area contributed by atoms with Gasteiger partial charge in [-0.15, -0.1) is 34.5 Å². The maximum atomic E-state index is 4.24. The van der Waals surface area contributed by atoms with Crippen molar-refractivity contribution in [3.63, 3.8) is 0 Å². The van der Waals surface area contributed by atoms with Crippen molar-refractivity contribution >= 4 is 34.5 Å². The molecular formula is C7H9PS2. The predicted molar refractivity (Wildman–Crippen MR) is 54.4 cm³/mol. The van der Waals surface area contributed by atoms with Crippen LogP contribution in [0.2, 0.25) is 0 Å². The van der Waals surface area contributed by atoms with Crippen molar-refractivity contribution in [1.82, 2.24) is 0 Å². The standard InChI is InChI=1S/C7H9PS2/c8-4-5-1-2-6(9)7(10)3-5/h1-3,9-10H,4,8H2. The second-order valence-corrected chi connectivity index (χ2v) is 3.40. The van der Waals surface area contributed by atoms with Gasteiger partial charge in [0, 0.05) is 9.79 Å². The quantitative estimate of drug-likeness (QED) is 0.491. The van der Waals surface area contributed by atoms with Crippen molar-refractivity contribution in [2.75, 3.05) is 0 Å². The van der Waals surface area contributed by atoms with E-state index in [1.807, 2.05) is 12.1 Å². The van der Waals surface area contributed by atoms with E-state index in [0.717, 1.165) is 16.0 Å². The summed E-state index contributed by atoms with van der Waals surface area (Å²) < 4.78 is 0. The van der Waals surface area contributed by atoms with E-state index in [2.05, 4.69) is 40.6 Å². The van der Waals surface area contributed by atoms with Gasteiger partial charge in [0.25, 0.3) is 0 Å². The van der Waals surface area contributed by atoms with E-state index in [-0.39, 0.29) is 0 Å². The summed E-state index contributed by atoms with van der Waals surface area (Å²) in [6.45, 7) is 0. The highest BCUT2D eigenvalue weighted by Gasteiger charge is 1.93. The van der Waals surface area contributed by atoms with Gasteiger partial charge in [0.15, 0.2) is 0 Å². The molecule has 0 bridgehead atoms. The summed E-state index contributed by atoms with van der Waals surface area (Å²) in [4.78, 5) is 1.88. The zero-order valence-electron chi connectivity index (χ0n) is 5.41. The number of thiol groups is 2. The topological polar surface area (TPSA) is 0 Å². The smallest absolute Gasteiger partial charge is 0.0177 e. The first-order chi connectivity index (χ1) is 4.74. The van der Waals surface area contributed by atoms with Gasteiger partial charge in [-0.25, -0.2) is 0 Å². The molecule has 10 heavy (non-hydrogen) atoms. The molecule has 1 aromatic carbocycles. The molecule has 0 heterocycles. The fourth-order valence-electron chi connectivity index (χ4n) is 0.696. The van der Waals surface area contributed by atoms with Crippen LogP contribution in [0.25, 0.3) is 0 Å². The molecule has 0 aliphatic heterocycles. The van der Waals surface area contributed by atoms with Crippen molar-refractivity contribution in [3.8, 4) is 0 Å². The van der Waals surface area contributed by atoms with Crippen LogP contribution in [-0.4, -0.2) is 0 Å². The Bertz CT molecular complexity index is 235. The molecule has 0 N–H and O–H groups in total. The van der Waals surface area contributed by atoms with E-state index < -0.39 is 0 Å². The first-order valence-electron chi connectivity index (χ1n) is 2.95. The fraction of sp³-hybridized carbons (Fsp3) is 0.143. The zero-order valence-corrected chi connectivity index (χ0v) is 8.35. The molecule has 3 heteroatoms. The van der Waals surface area contributed by atoms with E-state index in [9.17, 15) is 0 Å². The fourth-order valence-corrected chi connectivity index (χ4v) is 1.33. The Morgan fingerprint density at radius 2 is 1.90 bits per heavy atom. The van der Waals surface area contributed by atoms with Crippen LogP contribution in [0.15, 0.2) is 28.0 Å². The molecule has 0 amide bonds. The number of benzene rings is 1. The third-order valence-corrected chi connectivity index (χ3v) is 2.68. The molecule has 0 aliphatic rings. The number of hydrogen-bond acceptors (Lipinski definition) is 2. The van der Waals surface area contributed by atoms with Crippen LogP contribution >= 0.6 is 34.5 Å². The van der Waals surface area contributed by atoms with Crippen LogP contribution in [0, 0.1) is 0 Å². The van der Waals surface area contributed by atoms with E-state index in [4.69, 9.17) is 0 Å². The highest BCUT2D eigenvalue weighted by Crippen LogP contribution is 2.20. The summed E-state index contributed by atoms with van der Waals surface area (Å²) in [5, 5.41) is 0. The molecule has 0 saturated carbocycles. The lowest BCUT2D eigenvalue weighted by Crippen LogP contribution is -1.77. The third kappa shape index (κ3) is 1.91. The van der Waals surface area contributed by atoms with Crippen molar-refractivity contribution in [3.05, 3.63) is 23.8 Å². The first kappa shape index (κ1) is 8.45. The molecule has 0 aromatic heterocycles. The van der Waals surface area contributed by atoms with Crippen molar-refractivity contribution < 1.29 is 0 Å². The summed E-state index contributed by atoms with van der Waals surface area (Å²) >= 11 is 8.44. The van der Waals surface area contributed by atoms with E-state index in [1.54, 1.807) is 0 Å². The van der Waals surface area contributed by atoms with Crippen molar-refractivity contribution in [2.24, 2.45) is 0 Å². The molecule has 1 aromatic rings. The van der Waals surface area contributed by atoms with Crippen LogP contribution in [0.3, 0.4) is 0 Å². The molecule has 54 valence electrons. The van der Waals surface area contributed by atoms with Crippen LogP contribution in [0.1, 0.15) is 5.56 Å². The van der Waals surface area contributed by atoms with Gasteiger partial charge in [-0.3, -0.25) is 0 Å². The first-order valence-corrected chi connectivity index (χ1v) is 4.66. The molecule has 0 spiro atoms.